The topological polar surface area (TPSA) is 52.7 Å². The van der Waals surface area contributed by atoms with Crippen molar-refractivity contribution in [2.75, 3.05) is 28.2 Å². The molecule has 0 aliphatic carbocycles. The van der Waals surface area contributed by atoms with Crippen LogP contribution in [0, 0.1) is 0 Å². The molecule has 5 rings (SSSR count). The summed E-state index contributed by atoms with van der Waals surface area (Å²) in [4.78, 5) is 30.8. The van der Waals surface area contributed by atoms with Crippen molar-refractivity contribution in [1.82, 2.24) is 0 Å². The van der Waals surface area contributed by atoms with Crippen LogP contribution < -0.4 is 15.1 Å². The third-order valence-corrected chi connectivity index (χ3v) is 6.57. The first kappa shape index (κ1) is 22.0. The Hall–Kier alpha value is -3.86. The van der Waals surface area contributed by atoms with Crippen LogP contribution in [0.15, 0.2) is 84.6 Å². The van der Waals surface area contributed by atoms with Crippen molar-refractivity contribution in [2.45, 2.75) is 32.6 Å². The minimum Gasteiger partial charge on any atom is -0.372 e. The van der Waals surface area contributed by atoms with Crippen molar-refractivity contribution in [1.29, 1.82) is 0 Å². The molecule has 34 heavy (non-hydrogen) atoms. The van der Waals surface area contributed by atoms with Crippen molar-refractivity contribution in [3.05, 3.63) is 95.7 Å². The van der Waals surface area contributed by atoms with Gasteiger partial charge in [0.15, 0.2) is 0 Å². The van der Waals surface area contributed by atoms with E-state index in [9.17, 15) is 9.59 Å². The van der Waals surface area contributed by atoms with E-state index < -0.39 is 0 Å². The minimum atomic E-state index is -0.343. The van der Waals surface area contributed by atoms with Crippen LogP contribution in [0.4, 0.5) is 17.1 Å². The van der Waals surface area contributed by atoms with E-state index in [4.69, 9.17) is 0 Å². The van der Waals surface area contributed by atoms with Gasteiger partial charge in [0.2, 0.25) is 0 Å². The van der Waals surface area contributed by atoms with Gasteiger partial charge >= 0.3 is 0 Å². The molecule has 5 nitrogen and oxygen atoms in total. The van der Waals surface area contributed by atoms with Crippen LogP contribution in [-0.2, 0) is 9.59 Å². The maximum absolute atomic E-state index is 13.6. The van der Waals surface area contributed by atoms with Gasteiger partial charge < -0.3 is 10.2 Å². The van der Waals surface area contributed by atoms with Crippen LogP contribution in [0.3, 0.4) is 0 Å². The number of imide groups is 1. The third-order valence-electron chi connectivity index (χ3n) is 6.57. The molecule has 2 heterocycles. The summed E-state index contributed by atoms with van der Waals surface area (Å²) in [7, 11) is 0. The van der Waals surface area contributed by atoms with Gasteiger partial charge in [-0.05, 0) is 66.3 Å². The average molecular weight is 452 g/mol. The van der Waals surface area contributed by atoms with E-state index in [-0.39, 0.29) is 11.8 Å². The molecule has 0 unspecified atom stereocenters. The second-order valence-corrected chi connectivity index (χ2v) is 9.17. The van der Waals surface area contributed by atoms with E-state index in [0.717, 1.165) is 29.9 Å². The lowest BCUT2D eigenvalue weighted by Crippen LogP contribution is -2.32. The van der Waals surface area contributed by atoms with Gasteiger partial charge in [0.05, 0.1) is 11.3 Å². The number of carbonyl (C=O) groups is 2. The van der Waals surface area contributed by atoms with Gasteiger partial charge in [-0.2, -0.15) is 0 Å². The van der Waals surface area contributed by atoms with E-state index in [2.05, 4.69) is 36.2 Å². The lowest BCUT2D eigenvalue weighted by Gasteiger charge is -2.18. The van der Waals surface area contributed by atoms with Crippen LogP contribution in [0.25, 0.3) is 5.57 Å². The highest BCUT2D eigenvalue weighted by Gasteiger charge is 2.40. The molecule has 1 fully saturated rings. The zero-order chi connectivity index (χ0) is 23.7. The number of rotatable bonds is 6. The number of carbonyl (C=O) groups excluding carboxylic acids is 2. The lowest BCUT2D eigenvalue weighted by atomic mass is 10.0. The number of benzene rings is 3. The maximum atomic E-state index is 13.6. The summed E-state index contributed by atoms with van der Waals surface area (Å²) in [5, 5.41) is 3.27. The molecule has 0 atom stereocenters. The Bertz CT molecular complexity index is 1220. The first-order valence-corrected chi connectivity index (χ1v) is 11.9. The molecule has 3 aromatic carbocycles. The molecular weight excluding hydrogens is 422 g/mol. The fourth-order valence-electron chi connectivity index (χ4n) is 4.64. The van der Waals surface area contributed by atoms with Gasteiger partial charge in [-0.3, -0.25) is 9.59 Å². The van der Waals surface area contributed by atoms with Crippen LogP contribution in [-0.4, -0.2) is 24.9 Å². The second-order valence-electron chi connectivity index (χ2n) is 9.17. The smallest absolute Gasteiger partial charge is 0.282 e. The van der Waals surface area contributed by atoms with E-state index >= 15 is 0 Å². The van der Waals surface area contributed by atoms with Gasteiger partial charge in [-0.15, -0.1) is 0 Å². The quantitative estimate of drug-likeness (QED) is 0.481. The zero-order valence-corrected chi connectivity index (χ0v) is 19.6. The standard InChI is InChI=1S/C29H29N3O2/c1-20(2)21-10-14-25(15-11-21)32-28(33)26(22-8-4-3-5-9-22)27(29(32)34)30-23-12-16-24(17-13-23)31-18-6-7-19-31/h3-5,8-17,20,30H,6-7,18-19H2,1-2H3. The van der Waals surface area contributed by atoms with E-state index in [1.165, 1.54) is 23.4 Å². The number of nitrogens with zero attached hydrogens (tertiary/aromatic N) is 2. The summed E-state index contributed by atoms with van der Waals surface area (Å²) in [6.45, 7) is 6.39. The highest BCUT2D eigenvalue weighted by atomic mass is 16.2. The van der Waals surface area contributed by atoms with Gasteiger partial charge in [0, 0.05) is 24.5 Å². The molecule has 3 aromatic rings. The normalized spacial score (nSPS) is 16.2. The van der Waals surface area contributed by atoms with Crippen molar-refractivity contribution < 1.29 is 9.59 Å². The molecule has 2 amide bonds. The van der Waals surface area contributed by atoms with Gasteiger partial charge in [-0.25, -0.2) is 4.90 Å². The molecule has 0 radical (unpaired) electrons. The Morgan fingerprint density at radius 1 is 0.735 bits per heavy atom. The second kappa shape index (κ2) is 9.18. The third kappa shape index (κ3) is 4.10. The number of hydrogen-bond donors (Lipinski definition) is 1. The largest absolute Gasteiger partial charge is 0.372 e. The summed E-state index contributed by atoms with van der Waals surface area (Å²) in [6.07, 6.45) is 2.44. The SMILES string of the molecule is CC(C)c1ccc(N2C(=O)C(Nc3ccc(N4CCCC4)cc3)=C(c3ccccc3)C2=O)cc1. The van der Waals surface area contributed by atoms with E-state index in [1.807, 2.05) is 66.7 Å². The fraction of sp³-hybridized carbons (Fsp3) is 0.241. The molecule has 0 aromatic heterocycles. The van der Waals surface area contributed by atoms with Crippen molar-refractivity contribution in [3.8, 4) is 0 Å². The van der Waals surface area contributed by atoms with Crippen molar-refractivity contribution >= 4 is 34.4 Å². The highest BCUT2D eigenvalue weighted by molar-refractivity contribution is 6.46. The van der Waals surface area contributed by atoms with Gasteiger partial charge in [0.25, 0.3) is 11.8 Å². The first-order chi connectivity index (χ1) is 16.5. The predicted molar refractivity (Wildman–Crippen MR) is 138 cm³/mol. The Kier molecular flexibility index (Phi) is 5.93. The van der Waals surface area contributed by atoms with Crippen LogP contribution in [0.1, 0.15) is 43.7 Å². The van der Waals surface area contributed by atoms with Crippen LogP contribution in [0.5, 0.6) is 0 Å². The van der Waals surface area contributed by atoms with Crippen molar-refractivity contribution in [2.24, 2.45) is 0 Å². The van der Waals surface area contributed by atoms with Gasteiger partial charge in [-0.1, -0.05) is 56.3 Å². The highest BCUT2D eigenvalue weighted by Crippen LogP contribution is 2.34. The zero-order valence-electron chi connectivity index (χ0n) is 19.6. The molecule has 1 saturated heterocycles. The lowest BCUT2D eigenvalue weighted by molar-refractivity contribution is -0.120. The molecule has 0 spiro atoms. The van der Waals surface area contributed by atoms with Gasteiger partial charge in [0.1, 0.15) is 5.70 Å². The summed E-state index contributed by atoms with van der Waals surface area (Å²) in [5.74, 6) is -0.285. The predicted octanol–water partition coefficient (Wildman–Crippen LogP) is 5.81. The Balaban J connectivity index is 1.48. The molecule has 172 valence electrons. The molecule has 5 heteroatoms. The Morgan fingerprint density at radius 3 is 1.97 bits per heavy atom. The first-order valence-electron chi connectivity index (χ1n) is 11.9. The number of anilines is 3. The monoisotopic (exact) mass is 451 g/mol. The van der Waals surface area contributed by atoms with Crippen LogP contribution in [0.2, 0.25) is 0 Å². The maximum Gasteiger partial charge on any atom is 0.282 e. The number of nitrogens with one attached hydrogen (secondary N) is 1. The Labute approximate surface area is 200 Å². The molecule has 0 saturated carbocycles. The number of hydrogen-bond acceptors (Lipinski definition) is 4. The summed E-state index contributed by atoms with van der Waals surface area (Å²) < 4.78 is 0. The molecule has 0 bridgehead atoms. The Morgan fingerprint density at radius 2 is 1.35 bits per heavy atom. The fourth-order valence-corrected chi connectivity index (χ4v) is 4.64. The molecule has 2 aliphatic rings. The summed E-state index contributed by atoms with van der Waals surface area (Å²) in [5.41, 5.74) is 5.12. The van der Waals surface area contributed by atoms with E-state index in [0.29, 0.717) is 22.9 Å². The number of amides is 2. The summed E-state index contributed by atoms with van der Waals surface area (Å²) >= 11 is 0. The average Bonchev–Trinajstić information content (AvgIpc) is 3.47. The van der Waals surface area contributed by atoms with Crippen molar-refractivity contribution in [3.63, 3.8) is 0 Å². The molecule has 2 aliphatic heterocycles. The van der Waals surface area contributed by atoms with Crippen LogP contribution >= 0.6 is 0 Å². The molecular formula is C29H29N3O2. The summed E-state index contributed by atoms with van der Waals surface area (Å²) in [6, 6.07) is 25.1. The molecule has 1 N–H and O–H groups in total. The minimum absolute atomic E-state index is 0.304. The van der Waals surface area contributed by atoms with E-state index in [1.54, 1.807) is 0 Å².